The van der Waals surface area contributed by atoms with Gasteiger partial charge in [-0.15, -0.1) is 0 Å². The van der Waals surface area contributed by atoms with Crippen LogP contribution in [0, 0.1) is 5.92 Å². The number of carbonyl (C=O) groups excluding carboxylic acids is 2. The predicted molar refractivity (Wildman–Crippen MR) is 91.5 cm³/mol. The monoisotopic (exact) mass is 344 g/mol. The Balaban J connectivity index is 1.73. The first-order valence-corrected chi connectivity index (χ1v) is 8.68. The molecule has 0 radical (unpaired) electrons. The third kappa shape index (κ3) is 3.60. The number of aryl methyl sites for hydroxylation is 1. The molecular weight excluding hydrogens is 320 g/mol. The number of piperidine rings is 1. The minimum atomic E-state index is -0.324. The van der Waals surface area contributed by atoms with Gasteiger partial charge in [0.15, 0.2) is 0 Å². The van der Waals surface area contributed by atoms with E-state index in [2.05, 4.69) is 10.3 Å². The average molecular weight is 344 g/mol. The van der Waals surface area contributed by atoms with E-state index in [0.717, 1.165) is 11.6 Å². The summed E-state index contributed by atoms with van der Waals surface area (Å²) in [5.74, 6) is 1.34. The van der Waals surface area contributed by atoms with Crippen LogP contribution in [0.4, 0.5) is 0 Å². The zero-order chi connectivity index (χ0) is 17.8. The summed E-state index contributed by atoms with van der Waals surface area (Å²) in [6.07, 6.45) is 6.75. The molecule has 134 valence electrons. The number of amides is 2. The highest BCUT2D eigenvalue weighted by Gasteiger charge is 2.41. The van der Waals surface area contributed by atoms with Crippen LogP contribution in [0.15, 0.2) is 35.2 Å². The lowest BCUT2D eigenvalue weighted by Gasteiger charge is -2.39. The van der Waals surface area contributed by atoms with E-state index < -0.39 is 0 Å². The molecule has 1 saturated heterocycles. The van der Waals surface area contributed by atoms with E-state index in [1.165, 1.54) is 0 Å². The number of carbonyl (C=O) groups is 2. The van der Waals surface area contributed by atoms with Gasteiger partial charge in [0, 0.05) is 45.4 Å². The molecule has 1 aliphatic rings. The SMILES string of the molecule is CCN1C(=O)CC[C@H](C(=O)NCCc2ccco2)[C@H]1c1nccn1C. The van der Waals surface area contributed by atoms with Gasteiger partial charge in [-0.2, -0.15) is 0 Å². The Kier molecular flexibility index (Phi) is 5.21. The summed E-state index contributed by atoms with van der Waals surface area (Å²) in [6.45, 7) is 3.01. The van der Waals surface area contributed by atoms with Crippen LogP contribution in [0.5, 0.6) is 0 Å². The number of nitrogens with zero attached hydrogens (tertiary/aromatic N) is 3. The van der Waals surface area contributed by atoms with Gasteiger partial charge in [0.25, 0.3) is 0 Å². The van der Waals surface area contributed by atoms with E-state index >= 15 is 0 Å². The van der Waals surface area contributed by atoms with Crippen LogP contribution in [-0.4, -0.2) is 39.4 Å². The smallest absolute Gasteiger partial charge is 0.225 e. The molecule has 0 saturated carbocycles. The van der Waals surface area contributed by atoms with Crippen LogP contribution in [0.25, 0.3) is 0 Å². The highest BCUT2D eigenvalue weighted by atomic mass is 16.3. The van der Waals surface area contributed by atoms with Crippen LogP contribution >= 0.6 is 0 Å². The van der Waals surface area contributed by atoms with Crippen molar-refractivity contribution in [2.24, 2.45) is 13.0 Å². The minimum absolute atomic E-state index is 0.0366. The van der Waals surface area contributed by atoms with E-state index in [1.807, 2.05) is 36.9 Å². The zero-order valence-electron chi connectivity index (χ0n) is 14.6. The van der Waals surface area contributed by atoms with Crippen LogP contribution in [0.2, 0.25) is 0 Å². The maximum Gasteiger partial charge on any atom is 0.225 e. The van der Waals surface area contributed by atoms with Gasteiger partial charge in [-0.05, 0) is 25.5 Å². The van der Waals surface area contributed by atoms with Crippen molar-refractivity contribution >= 4 is 11.8 Å². The number of furan rings is 1. The first kappa shape index (κ1) is 17.3. The maximum atomic E-state index is 12.8. The summed E-state index contributed by atoms with van der Waals surface area (Å²) in [5.41, 5.74) is 0. The van der Waals surface area contributed by atoms with Crippen molar-refractivity contribution in [1.82, 2.24) is 19.8 Å². The molecule has 3 rings (SSSR count). The highest BCUT2D eigenvalue weighted by molar-refractivity contribution is 5.84. The Morgan fingerprint density at radius 2 is 2.32 bits per heavy atom. The van der Waals surface area contributed by atoms with E-state index in [1.54, 1.807) is 17.4 Å². The Morgan fingerprint density at radius 1 is 1.48 bits per heavy atom. The summed E-state index contributed by atoms with van der Waals surface area (Å²) in [5, 5.41) is 2.99. The van der Waals surface area contributed by atoms with Gasteiger partial charge in [0.1, 0.15) is 17.6 Å². The van der Waals surface area contributed by atoms with Crippen molar-refractivity contribution < 1.29 is 14.0 Å². The van der Waals surface area contributed by atoms with E-state index in [9.17, 15) is 9.59 Å². The fraction of sp³-hybridized carbons (Fsp3) is 0.500. The molecular formula is C18H24N4O3. The minimum Gasteiger partial charge on any atom is -0.469 e. The van der Waals surface area contributed by atoms with Gasteiger partial charge in [0.2, 0.25) is 11.8 Å². The number of imidazole rings is 1. The van der Waals surface area contributed by atoms with Crippen LogP contribution < -0.4 is 5.32 Å². The van der Waals surface area contributed by atoms with E-state index in [0.29, 0.717) is 32.4 Å². The average Bonchev–Trinajstić information content (AvgIpc) is 3.26. The predicted octanol–water partition coefficient (Wildman–Crippen LogP) is 1.67. The highest BCUT2D eigenvalue weighted by Crippen LogP contribution is 2.35. The molecule has 0 aliphatic carbocycles. The molecule has 0 aromatic carbocycles. The zero-order valence-corrected chi connectivity index (χ0v) is 14.6. The summed E-state index contributed by atoms with van der Waals surface area (Å²) in [4.78, 5) is 31.3. The van der Waals surface area contributed by atoms with Gasteiger partial charge in [-0.3, -0.25) is 9.59 Å². The summed E-state index contributed by atoms with van der Waals surface area (Å²) in [6, 6.07) is 3.40. The van der Waals surface area contributed by atoms with Crippen molar-refractivity contribution in [3.05, 3.63) is 42.4 Å². The molecule has 7 heteroatoms. The van der Waals surface area contributed by atoms with Gasteiger partial charge in [0.05, 0.1) is 12.2 Å². The first-order valence-electron chi connectivity index (χ1n) is 8.68. The number of hydrogen-bond acceptors (Lipinski definition) is 4. The standard InChI is InChI=1S/C18H24N4O3/c1-3-22-15(23)7-6-14(16(22)17-19-10-11-21(17)2)18(24)20-9-8-13-5-4-12-25-13/h4-5,10-12,14,16H,3,6-9H2,1-2H3,(H,20,24)/t14-,16-/m0/s1. The second-order valence-corrected chi connectivity index (χ2v) is 6.29. The molecule has 1 aliphatic heterocycles. The van der Waals surface area contributed by atoms with E-state index in [4.69, 9.17) is 4.42 Å². The van der Waals surface area contributed by atoms with Crippen LogP contribution in [0.1, 0.15) is 37.4 Å². The molecule has 1 fully saturated rings. The van der Waals surface area contributed by atoms with Crippen LogP contribution in [-0.2, 0) is 23.1 Å². The summed E-state index contributed by atoms with van der Waals surface area (Å²) >= 11 is 0. The molecule has 25 heavy (non-hydrogen) atoms. The van der Waals surface area contributed by atoms with Crippen molar-refractivity contribution in [3.63, 3.8) is 0 Å². The number of rotatable bonds is 6. The van der Waals surface area contributed by atoms with Crippen molar-refractivity contribution in [2.75, 3.05) is 13.1 Å². The fourth-order valence-corrected chi connectivity index (χ4v) is 3.48. The van der Waals surface area contributed by atoms with Crippen LogP contribution in [0.3, 0.4) is 0 Å². The molecule has 2 atom stereocenters. The second-order valence-electron chi connectivity index (χ2n) is 6.29. The summed E-state index contributed by atoms with van der Waals surface area (Å²) in [7, 11) is 1.89. The molecule has 2 aromatic rings. The second kappa shape index (κ2) is 7.55. The maximum absolute atomic E-state index is 12.8. The van der Waals surface area contributed by atoms with Crippen molar-refractivity contribution in [1.29, 1.82) is 0 Å². The Labute approximate surface area is 147 Å². The third-order valence-electron chi connectivity index (χ3n) is 4.76. The summed E-state index contributed by atoms with van der Waals surface area (Å²) < 4.78 is 7.17. The molecule has 0 unspecified atom stereocenters. The lowest BCUT2D eigenvalue weighted by Crippen LogP contribution is -2.49. The Morgan fingerprint density at radius 3 is 2.96 bits per heavy atom. The number of aromatic nitrogens is 2. The fourth-order valence-electron chi connectivity index (χ4n) is 3.48. The number of nitrogens with one attached hydrogen (secondary N) is 1. The molecule has 0 spiro atoms. The van der Waals surface area contributed by atoms with Gasteiger partial charge < -0.3 is 19.2 Å². The van der Waals surface area contributed by atoms with Crippen molar-refractivity contribution in [2.45, 2.75) is 32.2 Å². The first-order chi connectivity index (χ1) is 12.1. The Bertz CT molecular complexity index is 723. The molecule has 2 aromatic heterocycles. The third-order valence-corrected chi connectivity index (χ3v) is 4.76. The lowest BCUT2D eigenvalue weighted by atomic mass is 9.87. The molecule has 1 N–H and O–H groups in total. The lowest BCUT2D eigenvalue weighted by molar-refractivity contribution is -0.143. The molecule has 7 nitrogen and oxygen atoms in total. The molecule has 0 bridgehead atoms. The van der Waals surface area contributed by atoms with Crippen molar-refractivity contribution in [3.8, 4) is 0 Å². The van der Waals surface area contributed by atoms with Gasteiger partial charge in [-0.1, -0.05) is 0 Å². The topological polar surface area (TPSA) is 80.4 Å². The molecule has 3 heterocycles. The van der Waals surface area contributed by atoms with Gasteiger partial charge in [-0.25, -0.2) is 4.98 Å². The largest absolute Gasteiger partial charge is 0.469 e. The Hall–Kier alpha value is -2.57. The molecule has 2 amide bonds. The quantitative estimate of drug-likeness (QED) is 0.864. The number of likely N-dealkylation sites (tertiary alicyclic amines) is 1. The van der Waals surface area contributed by atoms with Gasteiger partial charge >= 0.3 is 0 Å². The normalized spacial score (nSPS) is 20.7. The van der Waals surface area contributed by atoms with E-state index in [-0.39, 0.29) is 23.8 Å². The number of hydrogen-bond donors (Lipinski definition) is 1.